The lowest BCUT2D eigenvalue weighted by Gasteiger charge is -2.45. The Bertz CT molecular complexity index is 154. The molecule has 1 nitrogen and oxygen atoms in total. The van der Waals surface area contributed by atoms with Crippen LogP contribution < -0.4 is 0 Å². The van der Waals surface area contributed by atoms with Crippen molar-refractivity contribution in [3.05, 3.63) is 0 Å². The SMILES string of the molecule is CC(C)C1C[C@H](C)N(C(C)C)C[C@H]1C. The summed E-state index contributed by atoms with van der Waals surface area (Å²) in [5.74, 6) is 2.65. The van der Waals surface area contributed by atoms with Gasteiger partial charge in [0.05, 0.1) is 0 Å². The summed E-state index contributed by atoms with van der Waals surface area (Å²) in [5, 5.41) is 0. The maximum absolute atomic E-state index is 2.66. The fourth-order valence-corrected chi connectivity index (χ4v) is 3.06. The van der Waals surface area contributed by atoms with Gasteiger partial charge in [0.2, 0.25) is 0 Å². The van der Waals surface area contributed by atoms with Crippen LogP contribution in [0.1, 0.15) is 48.0 Å². The van der Waals surface area contributed by atoms with Gasteiger partial charge in [0, 0.05) is 18.6 Å². The zero-order valence-electron chi connectivity index (χ0n) is 10.7. The predicted molar refractivity (Wildman–Crippen MR) is 63.4 cm³/mol. The Balaban J connectivity index is 2.62. The minimum Gasteiger partial charge on any atom is -0.298 e. The average molecular weight is 197 g/mol. The molecule has 1 heterocycles. The summed E-state index contributed by atoms with van der Waals surface area (Å²) in [5.41, 5.74) is 0. The maximum Gasteiger partial charge on any atom is 0.00725 e. The minimum absolute atomic E-state index is 0.709. The second kappa shape index (κ2) is 4.65. The van der Waals surface area contributed by atoms with Crippen LogP contribution in [0.4, 0.5) is 0 Å². The fourth-order valence-electron chi connectivity index (χ4n) is 3.06. The van der Waals surface area contributed by atoms with Crippen LogP contribution in [-0.2, 0) is 0 Å². The largest absolute Gasteiger partial charge is 0.298 e. The first-order chi connectivity index (χ1) is 6.43. The van der Waals surface area contributed by atoms with E-state index in [9.17, 15) is 0 Å². The second-order valence-corrected chi connectivity index (χ2v) is 5.76. The molecule has 1 heteroatoms. The molecule has 0 radical (unpaired) electrons. The summed E-state index contributed by atoms with van der Waals surface area (Å²) < 4.78 is 0. The van der Waals surface area contributed by atoms with Crippen LogP contribution >= 0.6 is 0 Å². The topological polar surface area (TPSA) is 3.24 Å². The van der Waals surface area contributed by atoms with E-state index in [1.54, 1.807) is 0 Å². The van der Waals surface area contributed by atoms with E-state index in [1.807, 2.05) is 0 Å². The summed E-state index contributed by atoms with van der Waals surface area (Å²) >= 11 is 0. The van der Waals surface area contributed by atoms with Crippen molar-refractivity contribution in [2.75, 3.05) is 6.54 Å². The average Bonchev–Trinajstić information content (AvgIpc) is 2.07. The quantitative estimate of drug-likeness (QED) is 0.656. The van der Waals surface area contributed by atoms with E-state index in [0.717, 1.165) is 23.8 Å². The van der Waals surface area contributed by atoms with Crippen LogP contribution in [0, 0.1) is 17.8 Å². The zero-order chi connectivity index (χ0) is 10.9. The van der Waals surface area contributed by atoms with Gasteiger partial charge in [-0.2, -0.15) is 0 Å². The number of rotatable bonds is 2. The summed E-state index contributed by atoms with van der Waals surface area (Å²) in [6, 6.07) is 1.49. The molecule has 1 unspecified atom stereocenters. The van der Waals surface area contributed by atoms with Crippen LogP contribution in [-0.4, -0.2) is 23.5 Å². The van der Waals surface area contributed by atoms with E-state index in [4.69, 9.17) is 0 Å². The van der Waals surface area contributed by atoms with Crippen molar-refractivity contribution in [3.63, 3.8) is 0 Å². The van der Waals surface area contributed by atoms with Gasteiger partial charge in [-0.1, -0.05) is 20.8 Å². The summed E-state index contributed by atoms with van der Waals surface area (Å²) in [7, 11) is 0. The molecule has 1 aliphatic heterocycles. The van der Waals surface area contributed by atoms with Gasteiger partial charge in [-0.15, -0.1) is 0 Å². The van der Waals surface area contributed by atoms with Crippen molar-refractivity contribution >= 4 is 0 Å². The molecule has 0 amide bonds. The molecule has 0 bridgehead atoms. The molecule has 1 saturated heterocycles. The Hall–Kier alpha value is -0.0400. The first-order valence-electron chi connectivity index (χ1n) is 6.19. The first kappa shape index (κ1) is 12.0. The van der Waals surface area contributed by atoms with Crippen LogP contribution in [0.25, 0.3) is 0 Å². The third-order valence-electron chi connectivity index (χ3n) is 3.93. The third kappa shape index (κ3) is 2.50. The maximum atomic E-state index is 2.66. The fraction of sp³-hybridized carbons (Fsp3) is 1.00. The highest BCUT2D eigenvalue weighted by atomic mass is 15.2. The Kier molecular flexibility index (Phi) is 4.00. The first-order valence-corrected chi connectivity index (χ1v) is 6.19. The van der Waals surface area contributed by atoms with Gasteiger partial charge >= 0.3 is 0 Å². The van der Waals surface area contributed by atoms with Gasteiger partial charge < -0.3 is 0 Å². The molecule has 0 spiro atoms. The molecule has 0 aliphatic carbocycles. The Labute approximate surface area is 89.9 Å². The molecule has 1 aliphatic rings. The molecular weight excluding hydrogens is 170 g/mol. The Morgan fingerprint density at radius 2 is 1.64 bits per heavy atom. The van der Waals surface area contributed by atoms with Crippen molar-refractivity contribution < 1.29 is 0 Å². The Morgan fingerprint density at radius 1 is 1.07 bits per heavy atom. The van der Waals surface area contributed by atoms with Gasteiger partial charge in [0.25, 0.3) is 0 Å². The van der Waals surface area contributed by atoms with Crippen LogP contribution in [0.5, 0.6) is 0 Å². The normalized spacial score (nSPS) is 35.6. The molecule has 0 aromatic rings. The van der Waals surface area contributed by atoms with Crippen molar-refractivity contribution in [3.8, 4) is 0 Å². The molecular formula is C13H27N. The molecule has 1 fully saturated rings. The van der Waals surface area contributed by atoms with E-state index in [1.165, 1.54) is 13.0 Å². The predicted octanol–water partition coefficient (Wildman–Crippen LogP) is 3.40. The van der Waals surface area contributed by atoms with Gasteiger partial charge in [-0.25, -0.2) is 0 Å². The third-order valence-corrected chi connectivity index (χ3v) is 3.93. The molecule has 0 aromatic carbocycles. The highest BCUT2D eigenvalue weighted by Crippen LogP contribution is 2.33. The van der Waals surface area contributed by atoms with Crippen LogP contribution in [0.2, 0.25) is 0 Å². The summed E-state index contributed by atoms with van der Waals surface area (Å²) in [4.78, 5) is 2.66. The van der Waals surface area contributed by atoms with Gasteiger partial charge in [0.15, 0.2) is 0 Å². The standard InChI is InChI=1S/C13H27N/c1-9(2)13-7-12(6)14(10(3)4)8-11(13)5/h9-13H,7-8H2,1-6H3/t11-,12+,13?/m1/s1. The lowest BCUT2D eigenvalue weighted by atomic mass is 9.76. The second-order valence-electron chi connectivity index (χ2n) is 5.76. The number of hydrogen-bond donors (Lipinski definition) is 0. The van der Waals surface area contributed by atoms with Crippen molar-refractivity contribution in [2.24, 2.45) is 17.8 Å². The highest BCUT2D eigenvalue weighted by Gasteiger charge is 2.33. The van der Waals surface area contributed by atoms with Gasteiger partial charge in [-0.3, -0.25) is 4.90 Å². The van der Waals surface area contributed by atoms with Crippen LogP contribution in [0.15, 0.2) is 0 Å². The van der Waals surface area contributed by atoms with Crippen LogP contribution in [0.3, 0.4) is 0 Å². The molecule has 0 N–H and O–H groups in total. The van der Waals surface area contributed by atoms with Crippen molar-refractivity contribution in [1.29, 1.82) is 0 Å². The van der Waals surface area contributed by atoms with E-state index in [0.29, 0.717) is 6.04 Å². The number of piperidine rings is 1. The van der Waals surface area contributed by atoms with E-state index in [-0.39, 0.29) is 0 Å². The molecule has 14 heavy (non-hydrogen) atoms. The van der Waals surface area contributed by atoms with E-state index in [2.05, 4.69) is 46.4 Å². The lowest BCUT2D eigenvalue weighted by molar-refractivity contribution is 0.0356. The summed E-state index contributed by atoms with van der Waals surface area (Å²) in [6.07, 6.45) is 1.39. The Morgan fingerprint density at radius 3 is 2.07 bits per heavy atom. The molecule has 3 atom stereocenters. The van der Waals surface area contributed by atoms with Crippen molar-refractivity contribution in [1.82, 2.24) is 4.90 Å². The highest BCUT2D eigenvalue weighted by molar-refractivity contribution is 4.85. The van der Waals surface area contributed by atoms with Gasteiger partial charge in [-0.05, 0) is 44.9 Å². The minimum atomic E-state index is 0.709. The lowest BCUT2D eigenvalue weighted by Crippen LogP contribution is -2.49. The molecule has 84 valence electrons. The summed E-state index contributed by atoms with van der Waals surface area (Å²) in [6.45, 7) is 15.5. The number of likely N-dealkylation sites (tertiary alicyclic amines) is 1. The van der Waals surface area contributed by atoms with E-state index >= 15 is 0 Å². The molecule has 0 aromatic heterocycles. The molecule has 1 rings (SSSR count). The number of hydrogen-bond acceptors (Lipinski definition) is 1. The smallest absolute Gasteiger partial charge is 0.00725 e. The monoisotopic (exact) mass is 197 g/mol. The number of nitrogens with zero attached hydrogens (tertiary/aromatic N) is 1. The zero-order valence-corrected chi connectivity index (χ0v) is 10.7. The van der Waals surface area contributed by atoms with E-state index < -0.39 is 0 Å². The van der Waals surface area contributed by atoms with Crippen molar-refractivity contribution in [2.45, 2.75) is 60.0 Å². The molecule has 0 saturated carbocycles. The van der Waals surface area contributed by atoms with Gasteiger partial charge in [0.1, 0.15) is 0 Å².